The van der Waals surface area contributed by atoms with Gasteiger partial charge in [-0.2, -0.15) is 0 Å². The first kappa shape index (κ1) is 14.9. The number of nitrogens with zero attached hydrogens (tertiary/aromatic N) is 2. The van der Waals surface area contributed by atoms with Gasteiger partial charge in [0.1, 0.15) is 15.5 Å². The fraction of sp³-hybridized carbons (Fsp3) is 0.312. The Kier molecular flexibility index (Phi) is 4.31. The van der Waals surface area contributed by atoms with E-state index in [2.05, 4.69) is 0 Å². The van der Waals surface area contributed by atoms with Gasteiger partial charge >= 0.3 is 0 Å². The molecular formula is C16H17N3O2S. The van der Waals surface area contributed by atoms with Crippen LogP contribution in [0.1, 0.15) is 17.3 Å². The predicted octanol–water partition coefficient (Wildman–Crippen LogP) is 2.33. The van der Waals surface area contributed by atoms with E-state index in [1.54, 1.807) is 0 Å². The number of Topliss-reactive ketones (excluding diaryl/α,β-unsaturated/α-hetero) is 1. The smallest absolute Gasteiger partial charge is 0.166 e. The Labute approximate surface area is 132 Å². The van der Waals surface area contributed by atoms with E-state index in [0.29, 0.717) is 37.7 Å². The largest absolute Gasteiger partial charge is 0.378 e. The molecule has 1 aromatic carbocycles. The van der Waals surface area contributed by atoms with E-state index in [1.807, 2.05) is 35.2 Å². The van der Waals surface area contributed by atoms with Crippen LogP contribution in [0, 0.1) is 5.41 Å². The first-order valence-electron chi connectivity index (χ1n) is 7.15. The number of carbonyl (C=O) groups is 1. The average Bonchev–Trinajstić information content (AvgIpc) is 2.55. The minimum Gasteiger partial charge on any atom is -0.378 e. The highest BCUT2D eigenvalue weighted by atomic mass is 32.1. The zero-order chi connectivity index (χ0) is 15.5. The molecule has 0 spiro atoms. The van der Waals surface area contributed by atoms with Crippen molar-refractivity contribution in [3.05, 3.63) is 40.6 Å². The second-order valence-electron chi connectivity index (χ2n) is 5.07. The van der Waals surface area contributed by atoms with Crippen molar-refractivity contribution in [3.63, 3.8) is 0 Å². The number of hydrogen-bond acceptors (Lipinski definition) is 6. The molecule has 2 heterocycles. The maximum Gasteiger partial charge on any atom is 0.166 e. The maximum atomic E-state index is 12.0. The summed E-state index contributed by atoms with van der Waals surface area (Å²) in [7, 11) is 0. The maximum absolute atomic E-state index is 12.0. The van der Waals surface area contributed by atoms with Crippen molar-refractivity contribution in [2.75, 3.05) is 31.2 Å². The third-order valence-corrected chi connectivity index (χ3v) is 4.47. The highest BCUT2D eigenvalue weighted by molar-refractivity contribution is 7.12. The number of ketones is 1. The van der Waals surface area contributed by atoms with Crippen LogP contribution in [0.25, 0.3) is 10.6 Å². The highest BCUT2D eigenvalue weighted by Crippen LogP contribution is 2.25. The monoisotopic (exact) mass is 315 g/mol. The molecule has 0 bridgehead atoms. The fourth-order valence-electron chi connectivity index (χ4n) is 2.45. The lowest BCUT2D eigenvalue weighted by Crippen LogP contribution is -2.38. The van der Waals surface area contributed by atoms with Crippen molar-refractivity contribution in [2.45, 2.75) is 6.92 Å². The minimum absolute atomic E-state index is 0.116. The first-order chi connectivity index (χ1) is 10.7. The van der Waals surface area contributed by atoms with Gasteiger partial charge in [-0.1, -0.05) is 41.7 Å². The zero-order valence-electron chi connectivity index (χ0n) is 12.3. The van der Waals surface area contributed by atoms with Crippen LogP contribution in [0.2, 0.25) is 0 Å². The van der Waals surface area contributed by atoms with Crippen LogP contribution in [0.3, 0.4) is 0 Å². The number of rotatable bonds is 3. The molecule has 0 amide bonds. The Morgan fingerprint density at radius 2 is 1.95 bits per heavy atom. The van der Waals surface area contributed by atoms with Crippen LogP contribution < -0.4 is 9.57 Å². The highest BCUT2D eigenvalue weighted by Gasteiger charge is 2.21. The van der Waals surface area contributed by atoms with Gasteiger partial charge in [0, 0.05) is 18.7 Å². The summed E-state index contributed by atoms with van der Waals surface area (Å²) >= 11 is 1.24. The van der Waals surface area contributed by atoms with Gasteiger partial charge < -0.3 is 9.64 Å². The lowest BCUT2D eigenvalue weighted by molar-refractivity contribution is 0.101. The Morgan fingerprint density at radius 1 is 1.27 bits per heavy atom. The molecule has 1 N–H and O–H groups in total. The second-order valence-corrected chi connectivity index (χ2v) is 6.07. The van der Waals surface area contributed by atoms with Crippen molar-refractivity contribution >= 4 is 22.9 Å². The SMILES string of the molecule is CC(=O)c1c(N2CCOCC2)nc(-c2ccccc2)sc1=N. The second kappa shape index (κ2) is 6.37. The Balaban J connectivity index is 2.14. The molecule has 1 fully saturated rings. The van der Waals surface area contributed by atoms with Gasteiger partial charge in [-0.15, -0.1) is 0 Å². The lowest BCUT2D eigenvalue weighted by atomic mass is 10.2. The average molecular weight is 315 g/mol. The third-order valence-electron chi connectivity index (χ3n) is 3.54. The van der Waals surface area contributed by atoms with E-state index in [9.17, 15) is 4.79 Å². The Morgan fingerprint density at radius 3 is 2.59 bits per heavy atom. The lowest BCUT2D eigenvalue weighted by Gasteiger charge is -2.29. The molecule has 6 heteroatoms. The van der Waals surface area contributed by atoms with Gasteiger partial charge in [-0.25, -0.2) is 4.98 Å². The van der Waals surface area contributed by atoms with E-state index < -0.39 is 0 Å². The van der Waals surface area contributed by atoms with Crippen LogP contribution in [-0.4, -0.2) is 37.1 Å². The van der Waals surface area contributed by atoms with Crippen molar-refractivity contribution < 1.29 is 9.53 Å². The first-order valence-corrected chi connectivity index (χ1v) is 7.97. The van der Waals surface area contributed by atoms with Crippen LogP contribution in [0.5, 0.6) is 0 Å². The molecule has 1 aliphatic heterocycles. The number of carbonyl (C=O) groups excluding carboxylic acids is 1. The Bertz CT molecular complexity index is 737. The topological polar surface area (TPSA) is 66.3 Å². The molecule has 5 nitrogen and oxygen atoms in total. The number of ether oxygens (including phenoxy) is 1. The van der Waals surface area contributed by atoms with Gasteiger partial charge in [-0.05, 0) is 6.92 Å². The minimum atomic E-state index is -0.116. The molecule has 3 rings (SSSR count). The van der Waals surface area contributed by atoms with E-state index in [4.69, 9.17) is 15.1 Å². The molecule has 0 unspecified atom stereocenters. The Hall–Kier alpha value is -2.05. The molecule has 0 atom stereocenters. The summed E-state index contributed by atoms with van der Waals surface area (Å²) < 4.78 is 5.63. The van der Waals surface area contributed by atoms with Crippen LogP contribution in [-0.2, 0) is 4.74 Å². The number of benzene rings is 1. The van der Waals surface area contributed by atoms with Crippen molar-refractivity contribution in [1.29, 1.82) is 5.41 Å². The van der Waals surface area contributed by atoms with Crippen LogP contribution in [0.15, 0.2) is 30.3 Å². The summed E-state index contributed by atoms with van der Waals surface area (Å²) in [6.07, 6.45) is 0. The zero-order valence-corrected chi connectivity index (χ0v) is 13.2. The molecule has 1 aliphatic rings. The molecule has 1 aromatic heterocycles. The van der Waals surface area contributed by atoms with Crippen LogP contribution >= 0.6 is 11.3 Å². The van der Waals surface area contributed by atoms with Gasteiger partial charge in [0.05, 0.1) is 18.8 Å². The van der Waals surface area contributed by atoms with Crippen molar-refractivity contribution in [2.24, 2.45) is 0 Å². The molecule has 1 saturated heterocycles. The molecule has 114 valence electrons. The molecule has 2 aromatic rings. The summed E-state index contributed by atoms with van der Waals surface area (Å²) in [5.41, 5.74) is 1.37. The van der Waals surface area contributed by atoms with E-state index in [1.165, 1.54) is 18.3 Å². The third kappa shape index (κ3) is 2.93. The van der Waals surface area contributed by atoms with Gasteiger partial charge in [-0.3, -0.25) is 10.2 Å². The summed E-state index contributed by atoms with van der Waals surface area (Å²) in [5.74, 6) is 0.494. The standard InChI is InChI=1S/C16H17N3O2S/c1-11(20)13-14(17)22-16(12-5-3-2-4-6-12)18-15(13)19-7-9-21-10-8-19/h2-6,17H,7-10H2,1H3. The van der Waals surface area contributed by atoms with Gasteiger partial charge in [0.2, 0.25) is 0 Å². The summed E-state index contributed by atoms with van der Waals surface area (Å²) in [6, 6.07) is 9.77. The van der Waals surface area contributed by atoms with Crippen molar-refractivity contribution in [3.8, 4) is 10.6 Å². The molecule has 0 radical (unpaired) electrons. The van der Waals surface area contributed by atoms with E-state index in [0.717, 1.165) is 10.6 Å². The normalized spacial score (nSPS) is 14.9. The molecule has 22 heavy (non-hydrogen) atoms. The van der Waals surface area contributed by atoms with E-state index >= 15 is 0 Å². The summed E-state index contributed by atoms with van der Waals surface area (Å²) in [4.78, 5) is 18.7. The molecular weight excluding hydrogens is 298 g/mol. The van der Waals surface area contributed by atoms with Gasteiger partial charge in [0.15, 0.2) is 5.78 Å². The van der Waals surface area contributed by atoms with E-state index in [-0.39, 0.29) is 10.5 Å². The quantitative estimate of drug-likeness (QED) is 0.883. The fourth-order valence-corrected chi connectivity index (χ4v) is 3.37. The van der Waals surface area contributed by atoms with Gasteiger partial charge in [0.25, 0.3) is 0 Å². The number of aromatic nitrogens is 1. The summed E-state index contributed by atoms with van der Waals surface area (Å²) in [5, 5.41) is 9.01. The number of hydrogen-bond donors (Lipinski definition) is 1. The number of nitrogens with one attached hydrogen (secondary N) is 1. The molecule has 0 saturated carbocycles. The summed E-state index contributed by atoms with van der Waals surface area (Å²) in [6.45, 7) is 4.11. The van der Waals surface area contributed by atoms with Crippen LogP contribution in [0.4, 0.5) is 5.82 Å². The number of anilines is 1. The predicted molar refractivity (Wildman–Crippen MR) is 86.4 cm³/mol. The number of morpholine rings is 1. The van der Waals surface area contributed by atoms with Crippen molar-refractivity contribution in [1.82, 2.24) is 4.98 Å². The molecule has 0 aliphatic carbocycles.